The number of ether oxygens (including phenoxy) is 2. The Morgan fingerprint density at radius 3 is 2.65 bits per heavy atom. The van der Waals surface area contributed by atoms with Crippen LogP contribution in [-0.4, -0.2) is 55.5 Å². The second kappa shape index (κ2) is 9.46. The lowest BCUT2D eigenvalue weighted by Crippen LogP contribution is -2.43. The van der Waals surface area contributed by atoms with Gasteiger partial charge in [0.1, 0.15) is 17.2 Å². The predicted molar refractivity (Wildman–Crippen MR) is 117 cm³/mol. The fraction of sp³-hybridized carbons (Fsp3) is 0.500. The highest BCUT2D eigenvalue weighted by Crippen LogP contribution is 2.37. The van der Waals surface area contributed by atoms with Gasteiger partial charge < -0.3 is 19.4 Å². The van der Waals surface area contributed by atoms with E-state index >= 15 is 0 Å². The van der Waals surface area contributed by atoms with Crippen molar-refractivity contribution in [1.82, 2.24) is 13.9 Å². The molecule has 1 aliphatic heterocycles. The summed E-state index contributed by atoms with van der Waals surface area (Å²) < 4.78 is 39.6. The van der Waals surface area contributed by atoms with Crippen molar-refractivity contribution in [2.75, 3.05) is 32.6 Å². The summed E-state index contributed by atoms with van der Waals surface area (Å²) in [5.41, 5.74) is 0.325. The molecule has 0 bridgehead atoms. The van der Waals surface area contributed by atoms with Crippen LogP contribution in [0.5, 0.6) is 11.5 Å². The van der Waals surface area contributed by atoms with E-state index in [2.05, 4.69) is 10.3 Å². The first-order valence-corrected chi connectivity index (χ1v) is 11.7. The molecular weight excluding hydrogens is 444 g/mol. The van der Waals surface area contributed by atoms with Crippen LogP contribution in [0.15, 0.2) is 29.7 Å². The number of methoxy groups -OCH3 is 2. The lowest BCUT2D eigenvalue weighted by molar-refractivity contribution is -0.120. The molecule has 1 unspecified atom stereocenters. The normalized spacial score (nSPS) is 17.5. The molecule has 31 heavy (non-hydrogen) atoms. The van der Waals surface area contributed by atoms with Crippen LogP contribution in [0.4, 0.5) is 5.69 Å². The summed E-state index contributed by atoms with van der Waals surface area (Å²) in [5, 5.41) is 3.04. The van der Waals surface area contributed by atoms with E-state index in [1.54, 1.807) is 16.7 Å². The minimum Gasteiger partial charge on any atom is -0.497 e. The second-order valence-corrected chi connectivity index (χ2v) is 9.92. The van der Waals surface area contributed by atoms with Gasteiger partial charge in [0, 0.05) is 37.5 Å². The van der Waals surface area contributed by atoms with Crippen molar-refractivity contribution >= 4 is 33.2 Å². The summed E-state index contributed by atoms with van der Waals surface area (Å²) in [6.07, 6.45) is 4.15. The topological polar surface area (TPSA) is 103 Å². The lowest BCUT2D eigenvalue weighted by Gasteiger charge is -2.30. The van der Waals surface area contributed by atoms with Gasteiger partial charge in [0.05, 0.1) is 31.5 Å². The molecule has 0 saturated carbocycles. The molecule has 1 atom stereocenters. The molecule has 170 valence electrons. The maximum Gasteiger partial charge on any atom is 0.262 e. The fourth-order valence-electron chi connectivity index (χ4n) is 3.42. The van der Waals surface area contributed by atoms with E-state index in [0.29, 0.717) is 36.6 Å². The summed E-state index contributed by atoms with van der Waals surface area (Å²) in [4.78, 5) is 17.0. The largest absolute Gasteiger partial charge is 0.497 e. The van der Waals surface area contributed by atoms with Crippen molar-refractivity contribution in [3.63, 3.8) is 0 Å². The Kier molecular flexibility index (Phi) is 7.13. The van der Waals surface area contributed by atoms with Crippen molar-refractivity contribution in [3.05, 3.63) is 29.7 Å². The molecule has 0 aliphatic carbocycles. The van der Waals surface area contributed by atoms with Crippen LogP contribution in [0.25, 0.3) is 0 Å². The zero-order valence-corrected chi connectivity index (χ0v) is 19.5. The van der Waals surface area contributed by atoms with E-state index in [9.17, 15) is 13.2 Å². The third kappa shape index (κ3) is 4.97. The van der Waals surface area contributed by atoms with E-state index in [0.717, 1.165) is 0 Å². The summed E-state index contributed by atoms with van der Waals surface area (Å²) in [7, 11) is -0.821. The summed E-state index contributed by atoms with van der Waals surface area (Å²) in [6, 6.07) is 3.28. The number of nitrogens with zero attached hydrogens (tertiary/aromatic N) is 3. The van der Waals surface area contributed by atoms with Crippen molar-refractivity contribution < 1.29 is 22.7 Å². The Morgan fingerprint density at radius 2 is 2.03 bits per heavy atom. The van der Waals surface area contributed by atoms with E-state index in [1.807, 2.05) is 13.8 Å². The molecule has 1 aromatic carbocycles. The highest BCUT2D eigenvalue weighted by Gasteiger charge is 2.35. The van der Waals surface area contributed by atoms with Crippen LogP contribution < -0.4 is 14.8 Å². The Hall–Kier alpha value is -2.30. The second-order valence-electron chi connectivity index (χ2n) is 7.63. The average molecular weight is 471 g/mol. The first kappa shape index (κ1) is 23.4. The highest BCUT2D eigenvalue weighted by atomic mass is 35.5. The van der Waals surface area contributed by atoms with Crippen LogP contribution in [0, 0.1) is 5.92 Å². The molecule has 1 amide bonds. The molecule has 1 aliphatic rings. The van der Waals surface area contributed by atoms with Crippen molar-refractivity contribution in [1.29, 1.82) is 0 Å². The number of hydrogen-bond donors (Lipinski definition) is 1. The minimum absolute atomic E-state index is 0.0119. The molecule has 11 heteroatoms. The number of anilines is 1. The fourth-order valence-corrected chi connectivity index (χ4v) is 5.12. The molecule has 3 rings (SSSR count). The third-order valence-corrected chi connectivity index (χ3v) is 7.31. The summed E-state index contributed by atoms with van der Waals surface area (Å²) in [6.45, 7) is 4.29. The van der Waals surface area contributed by atoms with E-state index < -0.39 is 15.9 Å². The minimum atomic E-state index is -3.79. The summed E-state index contributed by atoms with van der Waals surface area (Å²) in [5.74, 6) is 0.00407. The zero-order valence-electron chi connectivity index (χ0n) is 18.0. The number of carbonyl (C=O) groups excluding carboxylic acids is 1. The molecule has 1 N–H and O–H groups in total. The van der Waals surface area contributed by atoms with Crippen LogP contribution in [-0.2, 0) is 14.8 Å². The van der Waals surface area contributed by atoms with Crippen LogP contribution >= 0.6 is 11.6 Å². The number of piperidine rings is 1. The smallest absolute Gasteiger partial charge is 0.262 e. The van der Waals surface area contributed by atoms with Gasteiger partial charge in [-0.1, -0.05) is 11.6 Å². The number of amides is 1. The summed E-state index contributed by atoms with van der Waals surface area (Å²) >= 11 is 6.29. The number of hydrogen-bond acceptors (Lipinski definition) is 6. The van der Waals surface area contributed by atoms with Crippen LogP contribution in [0.1, 0.15) is 32.7 Å². The molecule has 2 aromatic rings. The average Bonchev–Trinajstić information content (AvgIpc) is 3.26. The van der Waals surface area contributed by atoms with Crippen molar-refractivity contribution in [3.8, 4) is 11.5 Å². The number of rotatable bonds is 7. The maximum absolute atomic E-state index is 13.0. The molecule has 2 heterocycles. The van der Waals surface area contributed by atoms with Gasteiger partial charge in [-0.15, -0.1) is 0 Å². The van der Waals surface area contributed by atoms with Gasteiger partial charge in [-0.2, -0.15) is 4.31 Å². The van der Waals surface area contributed by atoms with Crippen molar-refractivity contribution in [2.24, 2.45) is 5.92 Å². The number of nitrogens with one attached hydrogen (secondary N) is 1. The molecule has 0 radical (unpaired) electrons. The predicted octanol–water partition coefficient (Wildman–Crippen LogP) is 3.17. The molecule has 1 aromatic heterocycles. The van der Waals surface area contributed by atoms with Gasteiger partial charge in [0.15, 0.2) is 5.03 Å². The quantitative estimate of drug-likeness (QED) is 0.666. The van der Waals surface area contributed by atoms with Gasteiger partial charge in [-0.05, 0) is 26.7 Å². The molecule has 0 spiro atoms. The Labute approximate surface area is 187 Å². The third-order valence-electron chi connectivity index (χ3n) is 5.26. The van der Waals surface area contributed by atoms with Gasteiger partial charge in [-0.3, -0.25) is 4.79 Å². The van der Waals surface area contributed by atoms with Gasteiger partial charge >= 0.3 is 0 Å². The van der Waals surface area contributed by atoms with Gasteiger partial charge in [0.2, 0.25) is 5.91 Å². The monoisotopic (exact) mass is 470 g/mol. The number of benzene rings is 1. The van der Waals surface area contributed by atoms with E-state index in [4.69, 9.17) is 21.1 Å². The van der Waals surface area contributed by atoms with Gasteiger partial charge in [0.25, 0.3) is 10.0 Å². The Morgan fingerprint density at radius 1 is 1.29 bits per heavy atom. The first-order chi connectivity index (χ1) is 14.7. The van der Waals surface area contributed by atoms with Gasteiger partial charge in [-0.25, -0.2) is 13.4 Å². The van der Waals surface area contributed by atoms with Crippen LogP contribution in [0.2, 0.25) is 5.02 Å². The Bertz CT molecular complexity index is 1050. The van der Waals surface area contributed by atoms with Crippen molar-refractivity contribution in [2.45, 2.75) is 37.8 Å². The molecular formula is C20H27ClN4O5S. The SMILES string of the molecule is COc1cc(Cl)c(NC(=O)C2CCCN(S(=O)(=O)c3cn(C(C)C)cn3)C2)c(OC)c1. The number of imidazole rings is 1. The van der Waals surface area contributed by atoms with E-state index in [-0.39, 0.29) is 28.5 Å². The van der Waals surface area contributed by atoms with Crippen LogP contribution in [0.3, 0.4) is 0 Å². The number of halogens is 1. The number of carbonyl (C=O) groups is 1. The molecule has 9 nitrogen and oxygen atoms in total. The number of aromatic nitrogens is 2. The molecule has 1 fully saturated rings. The lowest BCUT2D eigenvalue weighted by atomic mass is 9.98. The Balaban J connectivity index is 1.77. The molecule has 1 saturated heterocycles. The number of sulfonamides is 1. The van der Waals surface area contributed by atoms with E-state index in [1.165, 1.54) is 31.0 Å². The standard InChI is InChI=1S/C20H27ClN4O5S/c1-13(2)24-11-18(22-12-24)31(27,28)25-7-5-6-14(10-25)20(26)23-19-16(21)8-15(29-3)9-17(19)30-4/h8-9,11-14H,5-7,10H2,1-4H3,(H,23,26). The zero-order chi connectivity index (χ0) is 22.8. The first-order valence-electron chi connectivity index (χ1n) is 9.93. The highest BCUT2D eigenvalue weighted by molar-refractivity contribution is 7.89. The maximum atomic E-state index is 13.0.